The highest BCUT2D eigenvalue weighted by Gasteiger charge is 2.23. The molecule has 7 heteroatoms. The van der Waals surface area contributed by atoms with Gasteiger partial charge in [0.15, 0.2) is 4.96 Å². The van der Waals surface area contributed by atoms with Crippen LogP contribution >= 0.6 is 11.3 Å². The molecule has 118 valence electrons. The van der Waals surface area contributed by atoms with Crippen molar-refractivity contribution < 1.29 is 9.90 Å². The monoisotopic (exact) mass is 321 g/mol. The standard InChI is InChI=1S/C15H19N3O3S/c1-9-8-22-15-16-6-12(14(21)18(9)15)13(20)17-11-4-2-10(7-19)3-5-11/h6,8,10-11,19H,2-5,7H2,1H3,(H,17,20). The quantitative estimate of drug-likeness (QED) is 0.894. The summed E-state index contributed by atoms with van der Waals surface area (Å²) in [5.74, 6) is -0.0183. The minimum Gasteiger partial charge on any atom is -0.396 e. The molecule has 2 heterocycles. The molecular weight excluding hydrogens is 302 g/mol. The van der Waals surface area contributed by atoms with Gasteiger partial charge in [-0.2, -0.15) is 0 Å². The Balaban J connectivity index is 1.77. The van der Waals surface area contributed by atoms with Crippen LogP contribution in [0.1, 0.15) is 41.7 Å². The number of carbonyl (C=O) groups is 1. The highest BCUT2D eigenvalue weighted by Crippen LogP contribution is 2.23. The molecule has 0 aliphatic heterocycles. The maximum Gasteiger partial charge on any atom is 0.271 e. The smallest absolute Gasteiger partial charge is 0.271 e. The summed E-state index contributed by atoms with van der Waals surface area (Å²) in [6.07, 6.45) is 4.85. The van der Waals surface area contributed by atoms with E-state index >= 15 is 0 Å². The summed E-state index contributed by atoms with van der Waals surface area (Å²) in [6.45, 7) is 2.03. The number of carbonyl (C=O) groups excluding carboxylic acids is 1. The van der Waals surface area contributed by atoms with Crippen molar-refractivity contribution in [3.63, 3.8) is 0 Å². The number of aryl methyl sites for hydroxylation is 1. The fraction of sp³-hybridized carbons (Fsp3) is 0.533. The van der Waals surface area contributed by atoms with Gasteiger partial charge in [0.2, 0.25) is 0 Å². The first-order chi connectivity index (χ1) is 10.6. The number of aromatic nitrogens is 2. The molecule has 2 aromatic rings. The zero-order chi connectivity index (χ0) is 15.7. The Morgan fingerprint density at radius 1 is 1.45 bits per heavy atom. The number of fused-ring (bicyclic) bond motifs is 1. The first kappa shape index (κ1) is 15.2. The molecule has 0 aromatic carbocycles. The van der Waals surface area contributed by atoms with Gasteiger partial charge in [-0.15, -0.1) is 11.3 Å². The van der Waals surface area contributed by atoms with Crippen molar-refractivity contribution in [3.8, 4) is 0 Å². The Bertz CT molecular complexity index is 744. The van der Waals surface area contributed by atoms with E-state index in [-0.39, 0.29) is 29.7 Å². The van der Waals surface area contributed by atoms with E-state index in [1.807, 2.05) is 12.3 Å². The largest absolute Gasteiger partial charge is 0.396 e. The van der Waals surface area contributed by atoms with Gasteiger partial charge >= 0.3 is 0 Å². The zero-order valence-corrected chi connectivity index (χ0v) is 13.2. The number of nitrogens with zero attached hydrogens (tertiary/aromatic N) is 2. The Morgan fingerprint density at radius 3 is 2.86 bits per heavy atom. The molecule has 0 saturated heterocycles. The van der Waals surface area contributed by atoms with Crippen molar-refractivity contribution in [2.45, 2.75) is 38.6 Å². The molecule has 1 aliphatic carbocycles. The number of thiazole rings is 1. The normalized spacial score (nSPS) is 21.9. The van der Waals surface area contributed by atoms with Crippen molar-refractivity contribution in [1.29, 1.82) is 0 Å². The van der Waals surface area contributed by atoms with Crippen molar-refractivity contribution in [2.75, 3.05) is 6.61 Å². The lowest BCUT2D eigenvalue weighted by Crippen LogP contribution is -2.40. The average Bonchev–Trinajstić information content (AvgIpc) is 2.90. The lowest BCUT2D eigenvalue weighted by molar-refractivity contribution is 0.0912. The fourth-order valence-corrected chi connectivity index (χ4v) is 3.76. The minimum atomic E-state index is -0.357. The number of amides is 1. The van der Waals surface area contributed by atoms with Gasteiger partial charge in [0.05, 0.1) is 0 Å². The van der Waals surface area contributed by atoms with Crippen LogP contribution in [0.25, 0.3) is 4.96 Å². The molecule has 0 unspecified atom stereocenters. The number of hydrogen-bond acceptors (Lipinski definition) is 5. The highest BCUT2D eigenvalue weighted by atomic mass is 32.1. The lowest BCUT2D eigenvalue weighted by Gasteiger charge is -2.27. The number of hydrogen-bond donors (Lipinski definition) is 2. The third-order valence-electron chi connectivity index (χ3n) is 4.30. The van der Waals surface area contributed by atoms with Crippen LogP contribution in [0.5, 0.6) is 0 Å². The van der Waals surface area contributed by atoms with Crippen LogP contribution in [-0.2, 0) is 0 Å². The molecule has 0 bridgehead atoms. The summed E-state index contributed by atoms with van der Waals surface area (Å²) in [7, 11) is 0. The molecule has 1 fully saturated rings. The predicted octanol–water partition coefficient (Wildman–Crippen LogP) is 1.35. The van der Waals surface area contributed by atoms with E-state index in [1.54, 1.807) is 0 Å². The summed E-state index contributed by atoms with van der Waals surface area (Å²) in [6, 6.07) is 0.0685. The number of nitrogens with one attached hydrogen (secondary N) is 1. The number of aliphatic hydroxyl groups excluding tert-OH is 1. The van der Waals surface area contributed by atoms with Crippen LogP contribution in [0.2, 0.25) is 0 Å². The summed E-state index contributed by atoms with van der Waals surface area (Å²) in [5, 5.41) is 13.9. The Labute approximate surface area is 131 Å². The first-order valence-electron chi connectivity index (χ1n) is 7.47. The van der Waals surface area contributed by atoms with Gasteiger partial charge in [-0.3, -0.25) is 14.0 Å². The SMILES string of the molecule is Cc1csc2ncc(C(=O)NC3CCC(CO)CC3)c(=O)n12. The molecule has 2 N–H and O–H groups in total. The molecule has 0 radical (unpaired) electrons. The van der Waals surface area contributed by atoms with Crippen molar-refractivity contribution in [3.05, 3.63) is 33.2 Å². The maximum absolute atomic E-state index is 12.4. The first-order valence-corrected chi connectivity index (χ1v) is 8.35. The summed E-state index contributed by atoms with van der Waals surface area (Å²) < 4.78 is 1.47. The molecule has 0 atom stereocenters. The van der Waals surface area contributed by atoms with Gasteiger partial charge in [-0.05, 0) is 38.5 Å². The summed E-state index contributed by atoms with van der Waals surface area (Å²) >= 11 is 1.38. The molecule has 22 heavy (non-hydrogen) atoms. The molecule has 0 spiro atoms. The van der Waals surface area contributed by atoms with Crippen LogP contribution in [0.15, 0.2) is 16.4 Å². The Kier molecular flexibility index (Phi) is 4.26. The van der Waals surface area contributed by atoms with E-state index in [1.165, 1.54) is 21.9 Å². The van der Waals surface area contributed by atoms with Crippen LogP contribution in [0.3, 0.4) is 0 Å². The van der Waals surface area contributed by atoms with Crippen LogP contribution in [0.4, 0.5) is 0 Å². The van der Waals surface area contributed by atoms with E-state index < -0.39 is 0 Å². The van der Waals surface area contributed by atoms with E-state index in [4.69, 9.17) is 5.11 Å². The van der Waals surface area contributed by atoms with Gasteiger partial charge in [0.25, 0.3) is 11.5 Å². The lowest BCUT2D eigenvalue weighted by atomic mass is 9.86. The second kappa shape index (κ2) is 6.18. The maximum atomic E-state index is 12.4. The second-order valence-corrected chi connectivity index (χ2v) is 6.68. The molecular formula is C15H19N3O3S. The van der Waals surface area contributed by atoms with Crippen LogP contribution in [0, 0.1) is 12.8 Å². The third-order valence-corrected chi connectivity index (χ3v) is 5.26. The van der Waals surface area contributed by atoms with Crippen LogP contribution in [-0.4, -0.2) is 33.0 Å². The fourth-order valence-electron chi connectivity index (χ4n) is 2.93. The van der Waals surface area contributed by atoms with Gasteiger partial charge in [-0.1, -0.05) is 0 Å². The molecule has 1 amide bonds. The van der Waals surface area contributed by atoms with Crippen molar-refractivity contribution in [1.82, 2.24) is 14.7 Å². The summed E-state index contributed by atoms with van der Waals surface area (Å²) in [4.78, 5) is 29.6. The Hall–Kier alpha value is -1.73. The molecule has 1 aliphatic rings. The third kappa shape index (κ3) is 2.78. The van der Waals surface area contributed by atoms with E-state index in [0.717, 1.165) is 31.4 Å². The van der Waals surface area contributed by atoms with Crippen molar-refractivity contribution in [2.24, 2.45) is 5.92 Å². The predicted molar refractivity (Wildman–Crippen MR) is 84.4 cm³/mol. The molecule has 1 saturated carbocycles. The minimum absolute atomic E-state index is 0.0685. The van der Waals surface area contributed by atoms with Gasteiger partial charge in [-0.25, -0.2) is 4.98 Å². The van der Waals surface area contributed by atoms with Crippen molar-refractivity contribution >= 4 is 22.2 Å². The number of rotatable bonds is 3. The Morgan fingerprint density at radius 2 is 2.18 bits per heavy atom. The summed E-state index contributed by atoms with van der Waals surface area (Å²) in [5.41, 5.74) is 0.559. The van der Waals surface area contributed by atoms with Gasteiger partial charge < -0.3 is 10.4 Å². The molecule has 3 rings (SSSR count). The average molecular weight is 321 g/mol. The van der Waals surface area contributed by atoms with Gasteiger partial charge in [0, 0.05) is 29.9 Å². The van der Waals surface area contributed by atoms with E-state index in [2.05, 4.69) is 10.3 Å². The highest BCUT2D eigenvalue weighted by molar-refractivity contribution is 7.15. The van der Waals surface area contributed by atoms with E-state index in [0.29, 0.717) is 10.9 Å². The number of aliphatic hydroxyl groups is 1. The second-order valence-electron chi connectivity index (χ2n) is 5.85. The topological polar surface area (TPSA) is 83.7 Å². The molecule has 6 nitrogen and oxygen atoms in total. The zero-order valence-electron chi connectivity index (χ0n) is 12.4. The molecule has 2 aromatic heterocycles. The van der Waals surface area contributed by atoms with Gasteiger partial charge in [0.1, 0.15) is 5.56 Å². The van der Waals surface area contributed by atoms with E-state index in [9.17, 15) is 9.59 Å². The van der Waals surface area contributed by atoms with Crippen LogP contribution < -0.4 is 10.9 Å².